The van der Waals surface area contributed by atoms with Crippen molar-refractivity contribution in [3.05, 3.63) is 57.8 Å². The van der Waals surface area contributed by atoms with Crippen molar-refractivity contribution in [2.24, 2.45) is 0 Å². The molecule has 0 radical (unpaired) electrons. The summed E-state index contributed by atoms with van der Waals surface area (Å²) in [5.41, 5.74) is 1.77. The van der Waals surface area contributed by atoms with E-state index in [9.17, 15) is 4.79 Å². The smallest absolute Gasteiger partial charge is 0.251 e. The summed E-state index contributed by atoms with van der Waals surface area (Å²) >= 11 is 0. The Labute approximate surface area is 123 Å². The van der Waals surface area contributed by atoms with Gasteiger partial charge in [-0.1, -0.05) is 25.1 Å². The number of rotatable bonds is 5. The third kappa shape index (κ3) is 3.13. The van der Waals surface area contributed by atoms with E-state index in [4.69, 9.17) is 4.74 Å². The van der Waals surface area contributed by atoms with E-state index in [1.165, 1.54) is 6.07 Å². The van der Waals surface area contributed by atoms with Crippen LogP contribution < -0.4 is 15.6 Å². The second-order valence-electron chi connectivity index (χ2n) is 5.22. The minimum Gasteiger partial charge on any atom is -0.482 e. The van der Waals surface area contributed by atoms with Crippen molar-refractivity contribution in [2.75, 3.05) is 6.54 Å². The van der Waals surface area contributed by atoms with E-state index in [-0.39, 0.29) is 11.7 Å². The zero-order valence-electron chi connectivity index (χ0n) is 12.1. The molecule has 0 aliphatic carbocycles. The van der Waals surface area contributed by atoms with Gasteiger partial charge in [0.25, 0.3) is 5.56 Å². The van der Waals surface area contributed by atoms with Gasteiger partial charge in [-0.2, -0.15) is 0 Å². The van der Waals surface area contributed by atoms with Crippen molar-refractivity contribution >= 4 is 0 Å². The number of nitrogens with zero attached hydrogens (tertiary/aromatic N) is 1. The number of fused-ring (bicyclic) bond motifs is 1. The van der Waals surface area contributed by atoms with Crippen LogP contribution in [0.25, 0.3) is 0 Å². The van der Waals surface area contributed by atoms with Gasteiger partial charge in [-0.3, -0.25) is 4.79 Å². The fourth-order valence-corrected chi connectivity index (χ4v) is 2.50. The van der Waals surface area contributed by atoms with Crippen LogP contribution in [0.15, 0.2) is 35.1 Å². The molecule has 2 N–H and O–H groups in total. The maximum atomic E-state index is 11.8. The first-order valence-electron chi connectivity index (χ1n) is 7.31. The Morgan fingerprint density at radius 2 is 2.29 bits per heavy atom. The minimum absolute atomic E-state index is 0.132. The summed E-state index contributed by atoms with van der Waals surface area (Å²) in [6.45, 7) is 3.62. The number of hydrogen-bond acceptors (Lipinski definition) is 4. The highest BCUT2D eigenvalue weighted by Gasteiger charge is 2.26. The highest BCUT2D eigenvalue weighted by atomic mass is 16.5. The Balaban J connectivity index is 1.79. The highest BCUT2D eigenvalue weighted by Crippen LogP contribution is 2.34. The molecular formula is C16H19N3O2. The number of para-hydroxylation sites is 1. The first-order valence-corrected chi connectivity index (χ1v) is 7.31. The SMILES string of the molecule is CCCNCc1cc(=O)[nH]c(C2Cc3ccccc3O2)n1. The minimum atomic E-state index is -0.207. The van der Waals surface area contributed by atoms with Gasteiger partial charge in [-0.15, -0.1) is 0 Å². The third-order valence-corrected chi connectivity index (χ3v) is 3.50. The van der Waals surface area contributed by atoms with Gasteiger partial charge in [0, 0.05) is 19.0 Å². The predicted molar refractivity (Wildman–Crippen MR) is 80.4 cm³/mol. The van der Waals surface area contributed by atoms with Gasteiger partial charge >= 0.3 is 0 Å². The van der Waals surface area contributed by atoms with Crippen LogP contribution >= 0.6 is 0 Å². The van der Waals surface area contributed by atoms with Gasteiger partial charge in [0.15, 0.2) is 11.9 Å². The monoisotopic (exact) mass is 285 g/mol. The van der Waals surface area contributed by atoms with Gasteiger partial charge in [0.1, 0.15) is 5.75 Å². The van der Waals surface area contributed by atoms with Crippen LogP contribution in [-0.4, -0.2) is 16.5 Å². The highest BCUT2D eigenvalue weighted by molar-refractivity contribution is 5.38. The van der Waals surface area contributed by atoms with Crippen LogP contribution in [0.1, 0.15) is 36.5 Å². The Hall–Kier alpha value is -2.14. The second-order valence-corrected chi connectivity index (χ2v) is 5.22. The molecule has 1 atom stereocenters. The van der Waals surface area contributed by atoms with Crippen molar-refractivity contribution in [2.45, 2.75) is 32.4 Å². The first-order chi connectivity index (χ1) is 10.3. The van der Waals surface area contributed by atoms with Crippen LogP contribution in [0.2, 0.25) is 0 Å². The fraction of sp³-hybridized carbons (Fsp3) is 0.375. The van der Waals surface area contributed by atoms with Gasteiger partial charge < -0.3 is 15.0 Å². The number of nitrogens with one attached hydrogen (secondary N) is 2. The van der Waals surface area contributed by atoms with Crippen molar-refractivity contribution in [3.63, 3.8) is 0 Å². The molecule has 0 saturated heterocycles. The Kier molecular flexibility index (Phi) is 4.01. The van der Waals surface area contributed by atoms with Crippen molar-refractivity contribution in [1.29, 1.82) is 0 Å². The zero-order valence-corrected chi connectivity index (χ0v) is 12.1. The zero-order chi connectivity index (χ0) is 14.7. The largest absolute Gasteiger partial charge is 0.482 e. The lowest BCUT2D eigenvalue weighted by atomic mass is 10.1. The van der Waals surface area contributed by atoms with E-state index in [1.54, 1.807) is 0 Å². The summed E-state index contributed by atoms with van der Waals surface area (Å²) in [4.78, 5) is 19.1. The second kappa shape index (κ2) is 6.10. The lowest BCUT2D eigenvalue weighted by Gasteiger charge is -2.11. The van der Waals surface area contributed by atoms with Crippen LogP contribution in [0.5, 0.6) is 5.75 Å². The lowest BCUT2D eigenvalue weighted by molar-refractivity contribution is 0.226. The van der Waals surface area contributed by atoms with E-state index in [2.05, 4.69) is 22.2 Å². The quantitative estimate of drug-likeness (QED) is 0.824. The summed E-state index contributed by atoms with van der Waals surface area (Å²) in [5.74, 6) is 1.48. The van der Waals surface area contributed by atoms with Crippen LogP contribution in [-0.2, 0) is 13.0 Å². The van der Waals surface area contributed by atoms with Crippen molar-refractivity contribution in [1.82, 2.24) is 15.3 Å². The van der Waals surface area contributed by atoms with Gasteiger partial charge in [0.05, 0.1) is 5.69 Å². The van der Waals surface area contributed by atoms with E-state index in [0.717, 1.165) is 36.4 Å². The number of hydrogen-bond donors (Lipinski definition) is 2. The third-order valence-electron chi connectivity index (χ3n) is 3.50. The topological polar surface area (TPSA) is 67.0 Å². The molecule has 21 heavy (non-hydrogen) atoms. The molecule has 1 aliphatic heterocycles. The molecule has 0 saturated carbocycles. The Morgan fingerprint density at radius 3 is 3.10 bits per heavy atom. The molecule has 1 aromatic heterocycles. The molecule has 1 aliphatic rings. The van der Waals surface area contributed by atoms with E-state index >= 15 is 0 Å². The molecule has 1 aromatic carbocycles. The van der Waals surface area contributed by atoms with Crippen LogP contribution in [0.4, 0.5) is 0 Å². The summed E-state index contributed by atoms with van der Waals surface area (Å²) < 4.78 is 5.88. The van der Waals surface area contributed by atoms with Gasteiger partial charge in [0.2, 0.25) is 0 Å². The maximum absolute atomic E-state index is 11.8. The standard InChI is InChI=1S/C16H19N3O2/c1-2-7-17-10-12-9-15(20)19-16(18-12)14-8-11-5-3-4-6-13(11)21-14/h3-6,9,14,17H,2,7-8,10H2,1H3,(H,18,19,20). The molecule has 0 spiro atoms. The first kappa shape index (κ1) is 13.8. The molecule has 110 valence electrons. The van der Waals surface area contributed by atoms with Gasteiger partial charge in [-0.05, 0) is 24.6 Å². The van der Waals surface area contributed by atoms with E-state index in [0.29, 0.717) is 12.4 Å². The molecule has 5 nitrogen and oxygen atoms in total. The summed E-state index contributed by atoms with van der Waals surface area (Å²) in [5, 5.41) is 3.26. The normalized spacial score (nSPS) is 16.5. The number of aromatic nitrogens is 2. The summed E-state index contributed by atoms with van der Waals surface area (Å²) in [7, 11) is 0. The number of benzene rings is 1. The van der Waals surface area contributed by atoms with Crippen molar-refractivity contribution in [3.8, 4) is 5.75 Å². The number of H-pyrrole nitrogens is 1. The fourth-order valence-electron chi connectivity index (χ4n) is 2.50. The number of ether oxygens (including phenoxy) is 1. The average Bonchev–Trinajstić information content (AvgIpc) is 2.91. The van der Waals surface area contributed by atoms with E-state index in [1.807, 2.05) is 24.3 Å². The van der Waals surface area contributed by atoms with Crippen LogP contribution in [0, 0.1) is 0 Å². The predicted octanol–water partition coefficient (Wildman–Crippen LogP) is 1.95. The Bertz CT molecular complexity index is 656. The maximum Gasteiger partial charge on any atom is 0.251 e. The van der Waals surface area contributed by atoms with Crippen LogP contribution in [0.3, 0.4) is 0 Å². The summed E-state index contributed by atoms with van der Waals surface area (Å²) in [6, 6.07) is 9.46. The molecule has 2 heterocycles. The molecule has 5 heteroatoms. The molecule has 0 fully saturated rings. The molecule has 3 rings (SSSR count). The Morgan fingerprint density at radius 1 is 1.43 bits per heavy atom. The van der Waals surface area contributed by atoms with Gasteiger partial charge in [-0.25, -0.2) is 4.98 Å². The molecule has 0 bridgehead atoms. The molecule has 2 aromatic rings. The lowest BCUT2D eigenvalue weighted by Crippen LogP contribution is -2.21. The number of aromatic amines is 1. The molecular weight excluding hydrogens is 266 g/mol. The van der Waals surface area contributed by atoms with Crippen molar-refractivity contribution < 1.29 is 4.74 Å². The molecule has 0 amide bonds. The average molecular weight is 285 g/mol. The summed E-state index contributed by atoms with van der Waals surface area (Å²) in [6.07, 6.45) is 1.59. The molecule has 1 unspecified atom stereocenters. The van der Waals surface area contributed by atoms with E-state index < -0.39 is 0 Å².